The third-order valence-electron chi connectivity index (χ3n) is 5.37. The molecule has 0 aliphatic heterocycles. The highest BCUT2D eigenvalue weighted by Gasteiger charge is 2.23. The lowest BCUT2D eigenvalue weighted by atomic mass is 9.90. The second kappa shape index (κ2) is 10.3. The molecule has 5 N–H and O–H groups in total. The minimum absolute atomic E-state index is 0.00384. The van der Waals surface area contributed by atoms with Gasteiger partial charge in [-0.3, -0.25) is 5.41 Å². The zero-order chi connectivity index (χ0) is 24.0. The van der Waals surface area contributed by atoms with Crippen LogP contribution in [0.1, 0.15) is 37.9 Å². The molecule has 1 unspecified atom stereocenters. The van der Waals surface area contributed by atoms with Crippen LogP contribution < -0.4 is 16.4 Å². The largest absolute Gasteiger partial charge is 0.379 e. The summed E-state index contributed by atoms with van der Waals surface area (Å²) in [5.74, 6) is -0.898. The molecule has 0 aliphatic carbocycles. The molecule has 2 aromatic heterocycles. The van der Waals surface area contributed by atoms with Gasteiger partial charge in [0.05, 0.1) is 11.9 Å². The Morgan fingerprint density at radius 3 is 2.67 bits per heavy atom. The molecule has 0 radical (unpaired) electrons. The van der Waals surface area contributed by atoms with Crippen molar-refractivity contribution in [3.05, 3.63) is 77.6 Å². The SMILES string of the molecule is CC(C)C(C)(N)CNc1nc(C(=N)/C=C(\NCc2ccccc2F)c2ccon2)ncc1F. The van der Waals surface area contributed by atoms with E-state index in [9.17, 15) is 8.78 Å². The van der Waals surface area contributed by atoms with Gasteiger partial charge in [0.2, 0.25) is 0 Å². The topological polar surface area (TPSA) is 126 Å². The highest BCUT2D eigenvalue weighted by molar-refractivity contribution is 6.07. The third kappa shape index (κ3) is 6.19. The summed E-state index contributed by atoms with van der Waals surface area (Å²) in [5.41, 5.74) is 6.80. The monoisotopic (exact) mass is 455 g/mol. The Labute approximate surface area is 190 Å². The van der Waals surface area contributed by atoms with Crippen molar-refractivity contribution in [1.29, 1.82) is 5.41 Å². The van der Waals surface area contributed by atoms with E-state index in [0.717, 1.165) is 6.20 Å². The van der Waals surface area contributed by atoms with Gasteiger partial charge in [0.25, 0.3) is 0 Å². The van der Waals surface area contributed by atoms with Crippen molar-refractivity contribution in [2.45, 2.75) is 32.9 Å². The van der Waals surface area contributed by atoms with E-state index in [0.29, 0.717) is 17.0 Å². The molecule has 1 atom stereocenters. The van der Waals surface area contributed by atoms with Gasteiger partial charge in [-0.2, -0.15) is 0 Å². The maximum absolute atomic E-state index is 14.3. The average Bonchev–Trinajstić information content (AvgIpc) is 3.31. The number of benzene rings is 1. The first-order valence-corrected chi connectivity index (χ1v) is 10.4. The van der Waals surface area contributed by atoms with Crippen LogP contribution in [0.3, 0.4) is 0 Å². The van der Waals surface area contributed by atoms with Crippen LogP contribution in [0.4, 0.5) is 14.6 Å². The number of hydrogen-bond acceptors (Lipinski definition) is 8. The summed E-state index contributed by atoms with van der Waals surface area (Å²) >= 11 is 0. The fraction of sp³-hybridized carbons (Fsp3) is 0.304. The van der Waals surface area contributed by atoms with Crippen LogP contribution >= 0.6 is 0 Å². The maximum Gasteiger partial charge on any atom is 0.183 e. The number of nitrogens with one attached hydrogen (secondary N) is 3. The van der Waals surface area contributed by atoms with E-state index in [1.807, 2.05) is 20.8 Å². The number of anilines is 1. The molecule has 0 spiro atoms. The third-order valence-corrected chi connectivity index (χ3v) is 5.37. The Bertz CT molecular complexity index is 1130. The van der Waals surface area contributed by atoms with Crippen molar-refractivity contribution in [1.82, 2.24) is 20.4 Å². The summed E-state index contributed by atoms with van der Waals surface area (Å²) in [6.45, 7) is 6.25. The number of halogens is 2. The summed E-state index contributed by atoms with van der Waals surface area (Å²) in [6.07, 6.45) is 3.81. The Morgan fingerprint density at radius 1 is 1.24 bits per heavy atom. The van der Waals surface area contributed by atoms with Crippen LogP contribution in [0.15, 0.2) is 53.4 Å². The number of aromatic nitrogens is 3. The number of rotatable bonds is 10. The van der Waals surface area contributed by atoms with Crippen LogP contribution in [0.5, 0.6) is 0 Å². The molecule has 10 heteroatoms. The van der Waals surface area contributed by atoms with Crippen molar-refractivity contribution >= 4 is 17.2 Å². The first-order chi connectivity index (χ1) is 15.7. The number of hydrogen-bond donors (Lipinski definition) is 4. The van der Waals surface area contributed by atoms with E-state index < -0.39 is 11.4 Å². The molecule has 0 amide bonds. The highest BCUT2D eigenvalue weighted by atomic mass is 19.1. The maximum atomic E-state index is 14.3. The molecule has 2 heterocycles. The van der Waals surface area contributed by atoms with Gasteiger partial charge < -0.3 is 20.9 Å². The first-order valence-electron chi connectivity index (χ1n) is 10.4. The van der Waals surface area contributed by atoms with Gasteiger partial charge in [0.1, 0.15) is 23.5 Å². The van der Waals surface area contributed by atoms with Gasteiger partial charge in [-0.15, -0.1) is 0 Å². The average molecular weight is 456 g/mol. The Kier molecular flexibility index (Phi) is 7.49. The highest BCUT2D eigenvalue weighted by Crippen LogP contribution is 2.17. The van der Waals surface area contributed by atoms with Crippen molar-refractivity contribution in [2.24, 2.45) is 11.7 Å². The summed E-state index contributed by atoms with van der Waals surface area (Å²) in [5, 5.41) is 18.3. The Hall–Kier alpha value is -3.66. The minimum Gasteiger partial charge on any atom is -0.379 e. The lowest BCUT2D eigenvalue weighted by molar-refractivity contribution is 0.358. The molecule has 174 valence electrons. The number of nitrogens with zero attached hydrogens (tertiary/aromatic N) is 3. The molecule has 1 aromatic carbocycles. The standard InChI is InChI=1S/C23H27F2N7O/c1-14(2)23(3,27)13-30-21-17(25)12-29-22(31-21)18(26)10-20(19-8-9-33-32-19)28-11-15-6-4-5-7-16(15)24/h4-10,12,14,26,28H,11,13,27H2,1-3H3,(H,29,30,31)/b20-10-,26-18?. The quantitative estimate of drug-likeness (QED) is 0.343. The van der Waals surface area contributed by atoms with E-state index in [4.69, 9.17) is 15.7 Å². The summed E-state index contributed by atoms with van der Waals surface area (Å²) in [4.78, 5) is 8.07. The van der Waals surface area contributed by atoms with Gasteiger partial charge in [0.15, 0.2) is 17.5 Å². The van der Waals surface area contributed by atoms with Crippen LogP contribution in [0, 0.1) is 23.0 Å². The zero-order valence-electron chi connectivity index (χ0n) is 18.7. The molecule has 0 fully saturated rings. The van der Waals surface area contributed by atoms with Gasteiger partial charge in [0, 0.05) is 30.3 Å². The van der Waals surface area contributed by atoms with E-state index >= 15 is 0 Å². The molecular formula is C23H27F2N7O. The van der Waals surface area contributed by atoms with E-state index in [1.165, 1.54) is 18.4 Å². The summed E-state index contributed by atoms with van der Waals surface area (Å²) in [7, 11) is 0. The van der Waals surface area contributed by atoms with Crippen LogP contribution in [0.2, 0.25) is 0 Å². The Balaban J connectivity index is 1.82. The molecular weight excluding hydrogens is 428 g/mol. The molecule has 0 aliphatic rings. The number of allylic oxidation sites excluding steroid dienone is 1. The molecule has 0 saturated carbocycles. The van der Waals surface area contributed by atoms with Gasteiger partial charge in [-0.1, -0.05) is 37.2 Å². The van der Waals surface area contributed by atoms with E-state index in [-0.39, 0.29) is 42.2 Å². The zero-order valence-corrected chi connectivity index (χ0v) is 18.7. The minimum atomic E-state index is -0.649. The van der Waals surface area contributed by atoms with Crippen LogP contribution in [-0.2, 0) is 6.54 Å². The van der Waals surface area contributed by atoms with Crippen molar-refractivity contribution in [2.75, 3.05) is 11.9 Å². The van der Waals surface area contributed by atoms with E-state index in [2.05, 4.69) is 25.8 Å². The second-order valence-electron chi connectivity index (χ2n) is 8.21. The predicted octanol–water partition coefficient (Wildman–Crippen LogP) is 3.73. The van der Waals surface area contributed by atoms with E-state index in [1.54, 1.807) is 24.3 Å². The fourth-order valence-electron chi connectivity index (χ4n) is 2.71. The molecule has 3 rings (SSSR count). The lowest BCUT2D eigenvalue weighted by Gasteiger charge is -2.29. The molecule has 0 bridgehead atoms. The summed E-state index contributed by atoms with van der Waals surface area (Å²) in [6, 6.07) is 7.95. The molecule has 0 saturated heterocycles. The van der Waals surface area contributed by atoms with Crippen LogP contribution in [-0.4, -0.2) is 32.9 Å². The van der Waals surface area contributed by atoms with Crippen molar-refractivity contribution in [3.8, 4) is 0 Å². The molecule has 3 aromatic rings. The van der Waals surface area contributed by atoms with Crippen molar-refractivity contribution < 1.29 is 13.3 Å². The molecule has 33 heavy (non-hydrogen) atoms. The second-order valence-corrected chi connectivity index (χ2v) is 8.21. The number of nitrogens with two attached hydrogens (primary N) is 1. The normalized spacial score (nSPS) is 13.6. The summed E-state index contributed by atoms with van der Waals surface area (Å²) < 4.78 is 33.1. The lowest BCUT2D eigenvalue weighted by Crippen LogP contribution is -2.48. The fourth-order valence-corrected chi connectivity index (χ4v) is 2.71. The molecule has 8 nitrogen and oxygen atoms in total. The first kappa shape index (κ1) is 24.0. The van der Waals surface area contributed by atoms with Gasteiger partial charge in [-0.05, 0) is 25.0 Å². The van der Waals surface area contributed by atoms with Gasteiger partial charge >= 0.3 is 0 Å². The van der Waals surface area contributed by atoms with Crippen molar-refractivity contribution in [3.63, 3.8) is 0 Å². The van der Waals surface area contributed by atoms with Gasteiger partial charge in [-0.25, -0.2) is 18.7 Å². The smallest absolute Gasteiger partial charge is 0.183 e. The predicted molar refractivity (Wildman–Crippen MR) is 122 cm³/mol. The Morgan fingerprint density at radius 2 is 2.00 bits per heavy atom. The van der Waals surface area contributed by atoms with Crippen LogP contribution in [0.25, 0.3) is 5.70 Å².